The Hall–Kier alpha value is -3.58. The Morgan fingerprint density at radius 2 is 2.03 bits per heavy atom. The summed E-state index contributed by atoms with van der Waals surface area (Å²) in [6.45, 7) is 0.130. The molecule has 9 nitrogen and oxygen atoms in total. The van der Waals surface area contributed by atoms with Gasteiger partial charge in [-0.15, -0.1) is 11.3 Å². The van der Waals surface area contributed by atoms with Crippen LogP contribution in [0.2, 0.25) is 0 Å². The summed E-state index contributed by atoms with van der Waals surface area (Å²) in [5, 5.41) is 12.9. The van der Waals surface area contributed by atoms with Crippen molar-refractivity contribution < 1.29 is 28.6 Å². The molecular weight excluding hydrogens is 434 g/mol. The molecule has 10 heteroatoms. The first-order valence-corrected chi connectivity index (χ1v) is 10.7. The fourth-order valence-corrected chi connectivity index (χ4v) is 4.61. The van der Waals surface area contributed by atoms with E-state index >= 15 is 0 Å². The highest BCUT2D eigenvalue weighted by molar-refractivity contribution is 7.16. The minimum Gasteiger partial charge on any atom is -0.496 e. The highest BCUT2D eigenvalue weighted by Gasteiger charge is 2.28. The van der Waals surface area contributed by atoms with Crippen LogP contribution < -0.4 is 10.1 Å². The van der Waals surface area contributed by atoms with Gasteiger partial charge < -0.3 is 24.4 Å². The highest BCUT2D eigenvalue weighted by atomic mass is 32.1. The van der Waals surface area contributed by atoms with Crippen molar-refractivity contribution in [3.05, 3.63) is 45.8 Å². The largest absolute Gasteiger partial charge is 0.496 e. The summed E-state index contributed by atoms with van der Waals surface area (Å²) in [5.74, 6) is -0.124. The van der Waals surface area contributed by atoms with Crippen LogP contribution in [0.15, 0.2) is 24.3 Å². The maximum Gasteiger partial charge on any atom is 0.410 e. The van der Waals surface area contributed by atoms with E-state index in [1.165, 1.54) is 23.3 Å². The predicted octanol–water partition coefficient (Wildman–Crippen LogP) is 2.87. The summed E-state index contributed by atoms with van der Waals surface area (Å²) in [6.07, 6.45) is 0.567. The summed E-state index contributed by atoms with van der Waals surface area (Å²) in [5.41, 5.74) is 2.19. The van der Waals surface area contributed by atoms with E-state index in [0.717, 1.165) is 21.8 Å². The number of esters is 1. The predicted molar refractivity (Wildman–Crippen MR) is 116 cm³/mol. The highest BCUT2D eigenvalue weighted by Crippen LogP contribution is 2.37. The number of amides is 2. The molecule has 2 amide bonds. The molecule has 0 radical (unpaired) electrons. The van der Waals surface area contributed by atoms with Crippen molar-refractivity contribution in [2.75, 3.05) is 32.7 Å². The zero-order valence-electron chi connectivity index (χ0n) is 17.8. The van der Waals surface area contributed by atoms with E-state index in [0.29, 0.717) is 30.0 Å². The van der Waals surface area contributed by atoms with Crippen LogP contribution in [-0.4, -0.2) is 50.2 Å². The second kappa shape index (κ2) is 10.6. The maximum absolute atomic E-state index is 12.5. The number of nitrogens with one attached hydrogen (secondary N) is 1. The summed E-state index contributed by atoms with van der Waals surface area (Å²) >= 11 is 1.27. The molecule has 0 aliphatic carbocycles. The average Bonchev–Trinajstić information content (AvgIpc) is 3.16. The molecule has 1 aromatic carbocycles. The van der Waals surface area contributed by atoms with Crippen molar-refractivity contribution >= 4 is 34.3 Å². The molecule has 0 atom stereocenters. The number of methoxy groups -OCH3 is 2. The molecule has 0 fully saturated rings. The monoisotopic (exact) mass is 457 g/mol. The van der Waals surface area contributed by atoms with Gasteiger partial charge in [-0.3, -0.25) is 4.79 Å². The third kappa shape index (κ3) is 5.36. The van der Waals surface area contributed by atoms with Gasteiger partial charge >= 0.3 is 12.1 Å². The van der Waals surface area contributed by atoms with Crippen molar-refractivity contribution in [1.29, 1.82) is 5.26 Å². The average molecular weight is 458 g/mol. The standard InChI is InChI=1S/C22H23N3O6S/c1-29-17-6-4-3-5-14(17)7-8-19(26)24-21-16(11-23)15-9-10-25(12-18(15)32-21)22(28)31-13-20(27)30-2/h3-6H,7-10,12-13H2,1-2H3,(H,24,26). The smallest absolute Gasteiger partial charge is 0.410 e. The third-order valence-corrected chi connectivity index (χ3v) is 6.17. The number of para-hydroxylation sites is 1. The molecule has 1 N–H and O–H groups in total. The molecule has 0 bridgehead atoms. The Bertz CT molecular complexity index is 1060. The van der Waals surface area contributed by atoms with E-state index in [-0.39, 0.29) is 18.9 Å². The van der Waals surface area contributed by atoms with Gasteiger partial charge in [-0.05, 0) is 30.0 Å². The lowest BCUT2D eigenvalue weighted by atomic mass is 10.0. The van der Waals surface area contributed by atoms with Crippen molar-refractivity contribution in [1.82, 2.24) is 4.90 Å². The molecule has 0 spiro atoms. The lowest BCUT2D eigenvalue weighted by molar-refractivity contribution is -0.144. The normalized spacial score (nSPS) is 12.3. The van der Waals surface area contributed by atoms with Gasteiger partial charge in [0.15, 0.2) is 6.61 Å². The minimum absolute atomic E-state index is 0.208. The number of carbonyl (C=O) groups excluding carboxylic acids is 3. The van der Waals surface area contributed by atoms with Gasteiger partial charge in [0.2, 0.25) is 5.91 Å². The topological polar surface area (TPSA) is 118 Å². The van der Waals surface area contributed by atoms with Crippen LogP contribution in [-0.2, 0) is 38.4 Å². The third-order valence-electron chi connectivity index (χ3n) is 5.03. The number of ether oxygens (including phenoxy) is 3. The molecule has 1 aliphatic rings. The van der Waals surface area contributed by atoms with E-state index in [1.807, 2.05) is 24.3 Å². The fourth-order valence-electron chi connectivity index (χ4n) is 3.38. The molecule has 3 rings (SSSR count). The first kappa shape index (κ1) is 23.1. The quantitative estimate of drug-likeness (QED) is 0.635. The van der Waals surface area contributed by atoms with Crippen LogP contribution in [0, 0.1) is 11.3 Å². The second-order valence-corrected chi connectivity index (χ2v) is 8.09. The van der Waals surface area contributed by atoms with Crippen LogP contribution in [0.4, 0.5) is 9.80 Å². The molecular formula is C22H23N3O6S. The van der Waals surface area contributed by atoms with Crippen molar-refractivity contribution in [2.24, 2.45) is 0 Å². The number of nitrogens with zero attached hydrogens (tertiary/aromatic N) is 2. The van der Waals surface area contributed by atoms with Crippen LogP contribution in [0.5, 0.6) is 5.75 Å². The number of hydrogen-bond acceptors (Lipinski definition) is 8. The van der Waals surface area contributed by atoms with Crippen molar-refractivity contribution in [3.63, 3.8) is 0 Å². The van der Waals surface area contributed by atoms with Gasteiger partial charge in [-0.25, -0.2) is 9.59 Å². The molecule has 0 saturated heterocycles. The Balaban J connectivity index is 1.64. The van der Waals surface area contributed by atoms with Gasteiger partial charge in [0.1, 0.15) is 16.8 Å². The van der Waals surface area contributed by atoms with E-state index in [9.17, 15) is 19.6 Å². The van der Waals surface area contributed by atoms with Crippen LogP contribution in [0.3, 0.4) is 0 Å². The summed E-state index contributed by atoms with van der Waals surface area (Å²) in [7, 11) is 2.80. The first-order chi connectivity index (χ1) is 15.5. The number of benzene rings is 1. The number of nitriles is 1. The number of carbonyl (C=O) groups is 3. The first-order valence-electron chi connectivity index (χ1n) is 9.91. The van der Waals surface area contributed by atoms with Gasteiger partial charge in [-0.1, -0.05) is 18.2 Å². The number of rotatable bonds is 7. The number of thiophene rings is 1. The van der Waals surface area contributed by atoms with E-state index in [4.69, 9.17) is 9.47 Å². The van der Waals surface area contributed by atoms with Crippen molar-refractivity contribution in [2.45, 2.75) is 25.8 Å². The minimum atomic E-state index is -0.642. The lowest BCUT2D eigenvalue weighted by Gasteiger charge is -2.25. The molecule has 0 saturated carbocycles. The van der Waals surface area contributed by atoms with Gasteiger partial charge in [0.05, 0.1) is 26.3 Å². The molecule has 168 valence electrons. The summed E-state index contributed by atoms with van der Waals surface area (Å²) in [4.78, 5) is 38.2. The van der Waals surface area contributed by atoms with Crippen molar-refractivity contribution in [3.8, 4) is 11.8 Å². The summed E-state index contributed by atoms with van der Waals surface area (Å²) < 4.78 is 14.7. The van der Waals surface area contributed by atoms with E-state index < -0.39 is 18.7 Å². The number of fused-ring (bicyclic) bond motifs is 1. The maximum atomic E-state index is 12.5. The second-order valence-electron chi connectivity index (χ2n) is 6.98. The Morgan fingerprint density at radius 3 is 2.75 bits per heavy atom. The number of aryl methyl sites for hydroxylation is 1. The molecule has 2 aromatic rings. The number of anilines is 1. The Morgan fingerprint density at radius 1 is 1.25 bits per heavy atom. The van der Waals surface area contributed by atoms with Gasteiger partial charge in [0.25, 0.3) is 0 Å². The zero-order valence-corrected chi connectivity index (χ0v) is 18.6. The fraction of sp³-hybridized carbons (Fsp3) is 0.364. The molecule has 32 heavy (non-hydrogen) atoms. The zero-order chi connectivity index (χ0) is 23.1. The van der Waals surface area contributed by atoms with Crippen LogP contribution in [0.25, 0.3) is 0 Å². The SMILES string of the molecule is COC(=O)COC(=O)N1CCc2c(sc(NC(=O)CCc3ccccc3OC)c2C#N)C1. The van der Waals surface area contributed by atoms with Crippen LogP contribution >= 0.6 is 11.3 Å². The van der Waals surface area contributed by atoms with Crippen LogP contribution in [0.1, 0.15) is 28.0 Å². The van der Waals surface area contributed by atoms with Gasteiger partial charge in [-0.2, -0.15) is 5.26 Å². The van der Waals surface area contributed by atoms with E-state index in [1.54, 1.807) is 7.11 Å². The lowest BCUT2D eigenvalue weighted by Crippen LogP contribution is -2.36. The molecule has 1 aliphatic heterocycles. The number of hydrogen-bond donors (Lipinski definition) is 1. The summed E-state index contributed by atoms with van der Waals surface area (Å²) in [6, 6.07) is 9.68. The molecule has 1 aromatic heterocycles. The Labute approximate surface area is 189 Å². The molecule has 0 unspecified atom stereocenters. The Kier molecular flexibility index (Phi) is 7.68. The molecule has 2 heterocycles. The van der Waals surface area contributed by atoms with E-state index in [2.05, 4.69) is 16.1 Å². The van der Waals surface area contributed by atoms with Gasteiger partial charge in [0, 0.05) is 17.8 Å².